The van der Waals surface area contributed by atoms with Crippen LogP contribution in [0, 0.1) is 5.92 Å². The van der Waals surface area contributed by atoms with Crippen molar-refractivity contribution in [2.45, 2.75) is 40.0 Å². The molecule has 0 aliphatic heterocycles. The molecular weight excluding hydrogens is 208 g/mol. The predicted molar refractivity (Wildman–Crippen MR) is 63.9 cm³/mol. The standard InChI is InChI=1S/C12H18O2S/c1-7(2)5-9-10(12(13)14)6-15-11(9)8(3)4/h6-8H,5H2,1-4H3,(H,13,14). The van der Waals surface area contributed by atoms with Gasteiger partial charge in [-0.15, -0.1) is 11.3 Å². The molecule has 0 amide bonds. The monoisotopic (exact) mass is 226 g/mol. The molecule has 0 unspecified atom stereocenters. The Morgan fingerprint density at radius 2 is 2.00 bits per heavy atom. The lowest BCUT2D eigenvalue weighted by Gasteiger charge is -2.10. The van der Waals surface area contributed by atoms with Gasteiger partial charge in [0.1, 0.15) is 0 Å². The summed E-state index contributed by atoms with van der Waals surface area (Å²) in [4.78, 5) is 12.3. The Kier molecular flexibility index (Phi) is 3.91. The summed E-state index contributed by atoms with van der Waals surface area (Å²) in [5, 5.41) is 10.9. The van der Waals surface area contributed by atoms with Crippen LogP contribution in [-0.4, -0.2) is 11.1 Å². The van der Waals surface area contributed by atoms with Gasteiger partial charge in [-0.2, -0.15) is 0 Å². The highest BCUT2D eigenvalue weighted by atomic mass is 32.1. The molecule has 0 atom stereocenters. The SMILES string of the molecule is CC(C)Cc1c(C(=O)O)csc1C(C)C. The summed E-state index contributed by atoms with van der Waals surface area (Å²) >= 11 is 1.57. The number of aromatic carboxylic acids is 1. The van der Waals surface area contributed by atoms with E-state index in [1.54, 1.807) is 16.7 Å². The third-order valence-electron chi connectivity index (χ3n) is 2.29. The van der Waals surface area contributed by atoms with Crippen LogP contribution in [0.3, 0.4) is 0 Å². The first-order valence-corrected chi connectivity index (χ1v) is 6.15. The molecule has 1 heterocycles. The van der Waals surface area contributed by atoms with Crippen molar-refractivity contribution in [3.05, 3.63) is 21.4 Å². The Bertz CT molecular complexity index is 351. The molecule has 0 bridgehead atoms. The smallest absolute Gasteiger partial charge is 0.336 e. The minimum atomic E-state index is -0.797. The van der Waals surface area contributed by atoms with E-state index in [-0.39, 0.29) is 0 Å². The van der Waals surface area contributed by atoms with E-state index in [4.69, 9.17) is 5.11 Å². The molecule has 3 heteroatoms. The van der Waals surface area contributed by atoms with Crippen molar-refractivity contribution >= 4 is 17.3 Å². The number of carboxylic acids is 1. The number of hydrogen-bond acceptors (Lipinski definition) is 2. The zero-order chi connectivity index (χ0) is 11.6. The van der Waals surface area contributed by atoms with Gasteiger partial charge in [0.2, 0.25) is 0 Å². The Balaban J connectivity index is 3.14. The van der Waals surface area contributed by atoms with Crippen molar-refractivity contribution in [3.8, 4) is 0 Å². The molecule has 0 aliphatic rings. The maximum Gasteiger partial charge on any atom is 0.336 e. The highest BCUT2D eigenvalue weighted by molar-refractivity contribution is 7.10. The topological polar surface area (TPSA) is 37.3 Å². The van der Waals surface area contributed by atoms with Crippen molar-refractivity contribution in [1.82, 2.24) is 0 Å². The van der Waals surface area contributed by atoms with Crippen LogP contribution in [-0.2, 0) is 6.42 Å². The van der Waals surface area contributed by atoms with Gasteiger partial charge in [-0.25, -0.2) is 4.79 Å². The fourth-order valence-corrected chi connectivity index (χ4v) is 2.78. The number of carbonyl (C=O) groups is 1. The molecule has 2 nitrogen and oxygen atoms in total. The van der Waals surface area contributed by atoms with Gasteiger partial charge >= 0.3 is 5.97 Å². The Hall–Kier alpha value is -0.830. The molecule has 0 fully saturated rings. The van der Waals surface area contributed by atoms with Crippen molar-refractivity contribution in [1.29, 1.82) is 0 Å². The minimum Gasteiger partial charge on any atom is -0.478 e. The van der Waals surface area contributed by atoms with E-state index >= 15 is 0 Å². The highest BCUT2D eigenvalue weighted by Gasteiger charge is 2.19. The van der Waals surface area contributed by atoms with E-state index in [1.807, 2.05) is 0 Å². The molecule has 0 saturated heterocycles. The summed E-state index contributed by atoms with van der Waals surface area (Å²) in [6.07, 6.45) is 0.860. The van der Waals surface area contributed by atoms with Crippen LogP contribution in [0.25, 0.3) is 0 Å². The van der Waals surface area contributed by atoms with Crippen molar-refractivity contribution in [2.75, 3.05) is 0 Å². The summed E-state index contributed by atoms with van der Waals surface area (Å²) in [5.41, 5.74) is 1.54. The third-order valence-corrected chi connectivity index (χ3v) is 3.62. The quantitative estimate of drug-likeness (QED) is 0.848. The van der Waals surface area contributed by atoms with Gasteiger partial charge in [0, 0.05) is 10.3 Å². The van der Waals surface area contributed by atoms with E-state index in [0.717, 1.165) is 12.0 Å². The first-order chi connectivity index (χ1) is 6.93. The van der Waals surface area contributed by atoms with E-state index < -0.39 is 5.97 Å². The molecule has 15 heavy (non-hydrogen) atoms. The summed E-state index contributed by atoms with van der Waals surface area (Å²) in [7, 11) is 0. The number of rotatable bonds is 4. The Morgan fingerprint density at radius 3 is 2.40 bits per heavy atom. The summed E-state index contributed by atoms with van der Waals surface area (Å²) < 4.78 is 0. The van der Waals surface area contributed by atoms with Crippen molar-refractivity contribution < 1.29 is 9.90 Å². The van der Waals surface area contributed by atoms with E-state index in [9.17, 15) is 4.79 Å². The van der Waals surface area contributed by atoms with Gasteiger partial charge in [-0.05, 0) is 23.8 Å². The third kappa shape index (κ3) is 2.81. The van der Waals surface area contributed by atoms with Gasteiger partial charge in [0.25, 0.3) is 0 Å². The summed E-state index contributed by atoms with van der Waals surface area (Å²) in [5.74, 6) is 0.112. The van der Waals surface area contributed by atoms with Gasteiger partial charge in [-0.1, -0.05) is 27.7 Å². The Labute approximate surface area is 94.9 Å². The summed E-state index contributed by atoms with van der Waals surface area (Å²) in [6.45, 7) is 8.46. The van der Waals surface area contributed by atoms with Crippen LogP contribution in [0.5, 0.6) is 0 Å². The second-order valence-electron chi connectivity index (χ2n) is 4.55. The van der Waals surface area contributed by atoms with Crippen LogP contribution in [0.1, 0.15) is 54.4 Å². The molecule has 0 aliphatic carbocycles. The number of hydrogen-bond donors (Lipinski definition) is 1. The average molecular weight is 226 g/mol. The van der Waals surface area contributed by atoms with Crippen LogP contribution in [0.4, 0.5) is 0 Å². The van der Waals surface area contributed by atoms with E-state index in [0.29, 0.717) is 17.4 Å². The number of carboxylic acid groups (broad SMARTS) is 1. The molecule has 1 N–H and O–H groups in total. The average Bonchev–Trinajstić information content (AvgIpc) is 2.46. The zero-order valence-electron chi connectivity index (χ0n) is 9.70. The van der Waals surface area contributed by atoms with Gasteiger partial charge in [0.15, 0.2) is 0 Å². The van der Waals surface area contributed by atoms with Crippen LogP contribution >= 0.6 is 11.3 Å². The lowest BCUT2D eigenvalue weighted by molar-refractivity contribution is 0.0696. The summed E-state index contributed by atoms with van der Waals surface area (Å²) in [6, 6.07) is 0. The van der Waals surface area contributed by atoms with E-state index in [1.165, 1.54) is 4.88 Å². The van der Waals surface area contributed by atoms with Gasteiger partial charge in [0.05, 0.1) is 5.56 Å². The van der Waals surface area contributed by atoms with Crippen molar-refractivity contribution in [2.24, 2.45) is 5.92 Å². The lowest BCUT2D eigenvalue weighted by Crippen LogP contribution is -2.05. The first kappa shape index (κ1) is 12.2. The fraction of sp³-hybridized carbons (Fsp3) is 0.583. The highest BCUT2D eigenvalue weighted by Crippen LogP contribution is 2.31. The fourth-order valence-electron chi connectivity index (χ4n) is 1.68. The Morgan fingerprint density at radius 1 is 1.40 bits per heavy atom. The first-order valence-electron chi connectivity index (χ1n) is 5.27. The van der Waals surface area contributed by atoms with Crippen LogP contribution in [0.15, 0.2) is 5.38 Å². The molecule has 1 aromatic heterocycles. The largest absolute Gasteiger partial charge is 0.478 e. The molecule has 0 aromatic carbocycles. The molecule has 1 aromatic rings. The van der Waals surface area contributed by atoms with Gasteiger partial charge in [-0.3, -0.25) is 0 Å². The molecule has 0 spiro atoms. The molecule has 1 rings (SSSR count). The van der Waals surface area contributed by atoms with Crippen molar-refractivity contribution in [3.63, 3.8) is 0 Å². The van der Waals surface area contributed by atoms with Gasteiger partial charge < -0.3 is 5.11 Å². The lowest BCUT2D eigenvalue weighted by atomic mass is 9.96. The van der Waals surface area contributed by atoms with Crippen LogP contribution < -0.4 is 0 Å². The van der Waals surface area contributed by atoms with E-state index in [2.05, 4.69) is 27.7 Å². The normalized spacial score (nSPS) is 11.3. The number of thiophene rings is 1. The zero-order valence-corrected chi connectivity index (χ0v) is 10.5. The minimum absolute atomic E-state index is 0.414. The maximum absolute atomic E-state index is 11.0. The maximum atomic E-state index is 11.0. The molecule has 0 saturated carbocycles. The second-order valence-corrected chi connectivity index (χ2v) is 5.46. The van der Waals surface area contributed by atoms with Crippen LogP contribution in [0.2, 0.25) is 0 Å². The second kappa shape index (κ2) is 4.79. The molecule has 0 radical (unpaired) electrons. The molecular formula is C12H18O2S. The molecule has 84 valence electrons. The predicted octanol–water partition coefficient (Wildman–Crippen LogP) is 3.77.